The molecular weight excluding hydrogens is 246 g/mol. The highest BCUT2D eigenvalue weighted by Gasteiger charge is 2.10. The Bertz CT molecular complexity index is 526. The van der Waals surface area contributed by atoms with E-state index in [0.29, 0.717) is 11.6 Å². The topological polar surface area (TPSA) is 43.8 Å². The van der Waals surface area contributed by atoms with Crippen molar-refractivity contribution in [1.82, 2.24) is 9.78 Å². The third-order valence-electron chi connectivity index (χ3n) is 3.10. The monoisotopic (exact) mass is 263 g/mol. The van der Waals surface area contributed by atoms with Gasteiger partial charge in [-0.1, -0.05) is 31.5 Å². The molecule has 0 amide bonds. The van der Waals surface area contributed by atoms with Crippen molar-refractivity contribution in [3.63, 3.8) is 0 Å². The second-order valence-electron chi connectivity index (χ2n) is 4.30. The Morgan fingerprint density at radius 1 is 1.28 bits per heavy atom. The number of aromatic nitrogens is 2. The number of benzene rings is 1. The van der Waals surface area contributed by atoms with Crippen molar-refractivity contribution in [1.29, 1.82) is 0 Å². The molecule has 2 aromatic rings. The number of halogens is 1. The molecule has 0 bridgehead atoms. The lowest BCUT2D eigenvalue weighted by Crippen LogP contribution is -2.08. The van der Waals surface area contributed by atoms with E-state index in [4.69, 9.17) is 17.3 Å². The van der Waals surface area contributed by atoms with E-state index in [1.165, 1.54) is 5.69 Å². The lowest BCUT2D eigenvalue weighted by molar-refractivity contribution is 0.641. The normalized spacial score (nSPS) is 10.8. The van der Waals surface area contributed by atoms with Crippen LogP contribution in [0.15, 0.2) is 24.3 Å². The van der Waals surface area contributed by atoms with Gasteiger partial charge in [0, 0.05) is 22.0 Å². The first-order valence-electron chi connectivity index (χ1n) is 6.24. The maximum atomic E-state index is 6.19. The number of anilines is 1. The SMILES string of the molecule is CCc1cc(CC)n(Cc2c(N)cccc2Cl)n1. The Hall–Kier alpha value is -1.48. The van der Waals surface area contributed by atoms with Crippen molar-refractivity contribution in [3.05, 3.63) is 46.2 Å². The summed E-state index contributed by atoms with van der Waals surface area (Å²) in [7, 11) is 0. The lowest BCUT2D eigenvalue weighted by Gasteiger charge is -2.10. The molecule has 1 aromatic carbocycles. The lowest BCUT2D eigenvalue weighted by atomic mass is 10.2. The third kappa shape index (κ3) is 2.51. The third-order valence-corrected chi connectivity index (χ3v) is 3.46. The molecule has 0 aliphatic carbocycles. The minimum Gasteiger partial charge on any atom is -0.398 e. The molecule has 2 N–H and O–H groups in total. The van der Waals surface area contributed by atoms with Crippen LogP contribution >= 0.6 is 11.6 Å². The minimum absolute atomic E-state index is 0.634. The quantitative estimate of drug-likeness (QED) is 0.861. The van der Waals surface area contributed by atoms with E-state index in [9.17, 15) is 0 Å². The number of rotatable bonds is 4. The average Bonchev–Trinajstić information content (AvgIpc) is 2.76. The van der Waals surface area contributed by atoms with Crippen molar-refractivity contribution in [2.45, 2.75) is 33.2 Å². The molecule has 1 aromatic heterocycles. The standard InChI is InChI=1S/C14H18ClN3/c1-3-10-8-11(4-2)18(17-10)9-12-13(15)6-5-7-14(12)16/h5-8H,3-4,9,16H2,1-2H3. The van der Waals surface area contributed by atoms with Gasteiger partial charge in [-0.25, -0.2) is 0 Å². The fourth-order valence-electron chi connectivity index (χ4n) is 2.00. The van der Waals surface area contributed by atoms with Gasteiger partial charge in [0.05, 0.1) is 12.2 Å². The van der Waals surface area contributed by atoms with Gasteiger partial charge >= 0.3 is 0 Å². The Morgan fingerprint density at radius 2 is 2.06 bits per heavy atom. The van der Waals surface area contributed by atoms with Gasteiger partial charge in [0.1, 0.15) is 0 Å². The Morgan fingerprint density at radius 3 is 2.67 bits per heavy atom. The van der Waals surface area contributed by atoms with Crippen molar-refractivity contribution in [3.8, 4) is 0 Å². The zero-order valence-corrected chi connectivity index (χ0v) is 11.5. The second kappa shape index (κ2) is 5.44. The molecule has 1 heterocycles. The number of nitrogens with zero attached hydrogens (tertiary/aromatic N) is 2. The fourth-order valence-corrected chi connectivity index (χ4v) is 2.24. The second-order valence-corrected chi connectivity index (χ2v) is 4.71. The molecule has 2 rings (SSSR count). The minimum atomic E-state index is 0.634. The average molecular weight is 264 g/mol. The van der Waals surface area contributed by atoms with Gasteiger partial charge in [0.25, 0.3) is 0 Å². The highest BCUT2D eigenvalue weighted by atomic mass is 35.5. The molecule has 0 spiro atoms. The molecule has 0 saturated heterocycles. The summed E-state index contributed by atoms with van der Waals surface area (Å²) in [5.74, 6) is 0. The van der Waals surface area contributed by atoms with E-state index in [0.717, 1.165) is 29.8 Å². The van der Waals surface area contributed by atoms with Crippen molar-refractivity contribution >= 4 is 17.3 Å². The highest BCUT2D eigenvalue weighted by Crippen LogP contribution is 2.23. The van der Waals surface area contributed by atoms with Gasteiger partial charge < -0.3 is 5.73 Å². The fraction of sp³-hybridized carbons (Fsp3) is 0.357. The summed E-state index contributed by atoms with van der Waals surface area (Å²) in [5.41, 5.74) is 9.96. The van der Waals surface area contributed by atoms with E-state index in [1.54, 1.807) is 0 Å². The Labute approximate surface area is 113 Å². The summed E-state index contributed by atoms with van der Waals surface area (Å²) in [6.07, 6.45) is 1.90. The summed E-state index contributed by atoms with van der Waals surface area (Å²) >= 11 is 6.19. The Balaban J connectivity index is 2.36. The van der Waals surface area contributed by atoms with E-state index >= 15 is 0 Å². The van der Waals surface area contributed by atoms with Crippen molar-refractivity contribution in [2.75, 3.05) is 5.73 Å². The molecule has 0 radical (unpaired) electrons. The van der Waals surface area contributed by atoms with Crippen LogP contribution in [0.5, 0.6) is 0 Å². The van der Waals surface area contributed by atoms with Crippen LogP contribution in [-0.4, -0.2) is 9.78 Å². The number of nitrogen functional groups attached to an aromatic ring is 1. The maximum absolute atomic E-state index is 6.19. The predicted molar refractivity (Wildman–Crippen MR) is 75.9 cm³/mol. The van der Waals surface area contributed by atoms with Gasteiger partial charge in [-0.15, -0.1) is 0 Å². The zero-order valence-electron chi connectivity index (χ0n) is 10.8. The summed E-state index contributed by atoms with van der Waals surface area (Å²) in [6, 6.07) is 7.75. The first-order chi connectivity index (χ1) is 8.65. The van der Waals surface area contributed by atoms with Crippen LogP contribution in [0.2, 0.25) is 5.02 Å². The highest BCUT2D eigenvalue weighted by molar-refractivity contribution is 6.31. The van der Waals surface area contributed by atoms with Crippen LogP contribution in [0, 0.1) is 0 Å². The van der Waals surface area contributed by atoms with Gasteiger partial charge in [0.2, 0.25) is 0 Å². The molecule has 0 atom stereocenters. The van der Waals surface area contributed by atoms with Gasteiger partial charge in [-0.05, 0) is 31.0 Å². The predicted octanol–water partition coefficient (Wildman–Crippen LogP) is 3.29. The van der Waals surface area contributed by atoms with E-state index in [1.807, 2.05) is 22.9 Å². The van der Waals surface area contributed by atoms with E-state index < -0.39 is 0 Å². The van der Waals surface area contributed by atoms with Crippen LogP contribution in [0.3, 0.4) is 0 Å². The summed E-state index contributed by atoms with van der Waals surface area (Å²) in [5, 5.41) is 5.28. The van der Waals surface area contributed by atoms with Crippen LogP contribution in [0.1, 0.15) is 30.8 Å². The van der Waals surface area contributed by atoms with E-state index in [2.05, 4.69) is 25.0 Å². The van der Waals surface area contributed by atoms with Gasteiger partial charge in [-0.2, -0.15) is 5.10 Å². The smallest absolute Gasteiger partial charge is 0.0697 e. The number of hydrogen-bond acceptors (Lipinski definition) is 2. The number of aryl methyl sites for hydroxylation is 2. The molecule has 0 unspecified atom stereocenters. The van der Waals surface area contributed by atoms with Crippen LogP contribution in [0.4, 0.5) is 5.69 Å². The zero-order chi connectivity index (χ0) is 13.1. The molecule has 0 aliphatic rings. The summed E-state index contributed by atoms with van der Waals surface area (Å²) in [4.78, 5) is 0. The summed E-state index contributed by atoms with van der Waals surface area (Å²) in [6.45, 7) is 4.87. The molecule has 0 aliphatic heterocycles. The first-order valence-corrected chi connectivity index (χ1v) is 6.62. The van der Waals surface area contributed by atoms with Gasteiger partial charge in [-0.3, -0.25) is 4.68 Å². The molecule has 96 valence electrons. The molecule has 0 saturated carbocycles. The van der Waals surface area contributed by atoms with E-state index in [-0.39, 0.29) is 0 Å². The summed E-state index contributed by atoms with van der Waals surface area (Å²) < 4.78 is 2.00. The molecular formula is C14H18ClN3. The number of nitrogens with two attached hydrogens (primary N) is 1. The number of hydrogen-bond donors (Lipinski definition) is 1. The molecule has 18 heavy (non-hydrogen) atoms. The molecule has 4 heteroatoms. The van der Waals surface area contributed by atoms with Crippen molar-refractivity contribution in [2.24, 2.45) is 0 Å². The molecule has 3 nitrogen and oxygen atoms in total. The van der Waals surface area contributed by atoms with Crippen molar-refractivity contribution < 1.29 is 0 Å². The van der Waals surface area contributed by atoms with Crippen LogP contribution < -0.4 is 5.73 Å². The molecule has 0 fully saturated rings. The van der Waals surface area contributed by atoms with Crippen LogP contribution in [0.25, 0.3) is 0 Å². The first kappa shape index (κ1) is 13.0. The Kier molecular flexibility index (Phi) is 3.92. The van der Waals surface area contributed by atoms with Crippen LogP contribution in [-0.2, 0) is 19.4 Å². The van der Waals surface area contributed by atoms with Gasteiger partial charge in [0.15, 0.2) is 0 Å². The maximum Gasteiger partial charge on any atom is 0.0697 e. The largest absolute Gasteiger partial charge is 0.398 e.